The molecular formula is C24H23FN4O4S. The summed E-state index contributed by atoms with van der Waals surface area (Å²) >= 11 is 0. The minimum absolute atomic E-state index is 0.154. The fourth-order valence-corrected chi connectivity index (χ4v) is 3.86. The molecule has 3 aromatic rings. The standard InChI is InChI=1S/C24H23FN4O4S/c1-17(19-9-6-10-21(15-19)26-24(31)18-7-4-3-5-8-18)27-28-23(30)16-29(34(2,32)33)22-13-11-20(25)12-14-22/h3-15H,16H2,1-2H3,(H,26,31)(H,28,30)/b27-17-. The van der Waals surface area contributed by atoms with Crippen LogP contribution in [0, 0.1) is 5.82 Å². The second kappa shape index (κ2) is 10.7. The average molecular weight is 483 g/mol. The maximum absolute atomic E-state index is 13.2. The lowest BCUT2D eigenvalue weighted by Gasteiger charge is -2.21. The van der Waals surface area contributed by atoms with Gasteiger partial charge in [-0.2, -0.15) is 5.10 Å². The number of rotatable bonds is 8. The van der Waals surface area contributed by atoms with Gasteiger partial charge in [-0.3, -0.25) is 13.9 Å². The van der Waals surface area contributed by atoms with E-state index >= 15 is 0 Å². The smallest absolute Gasteiger partial charge is 0.260 e. The first kappa shape index (κ1) is 24.6. The van der Waals surface area contributed by atoms with Gasteiger partial charge in [-0.15, -0.1) is 0 Å². The van der Waals surface area contributed by atoms with Crippen LogP contribution in [0.25, 0.3) is 0 Å². The molecule has 0 radical (unpaired) electrons. The maximum atomic E-state index is 13.2. The monoisotopic (exact) mass is 482 g/mol. The van der Waals surface area contributed by atoms with Crippen molar-refractivity contribution in [3.63, 3.8) is 0 Å². The van der Waals surface area contributed by atoms with Crippen LogP contribution in [-0.4, -0.2) is 38.7 Å². The molecule has 0 aromatic heterocycles. The molecule has 0 saturated heterocycles. The van der Waals surface area contributed by atoms with E-state index in [0.717, 1.165) is 22.7 Å². The summed E-state index contributed by atoms with van der Waals surface area (Å²) in [6.07, 6.45) is 0.952. The lowest BCUT2D eigenvalue weighted by Crippen LogP contribution is -2.39. The molecule has 0 atom stereocenters. The highest BCUT2D eigenvalue weighted by molar-refractivity contribution is 7.92. The molecule has 0 aliphatic carbocycles. The van der Waals surface area contributed by atoms with Crippen molar-refractivity contribution in [2.24, 2.45) is 5.10 Å². The Hall–Kier alpha value is -4.05. The normalized spacial score (nSPS) is 11.6. The van der Waals surface area contributed by atoms with Crippen LogP contribution in [-0.2, 0) is 14.8 Å². The molecule has 0 saturated carbocycles. The van der Waals surface area contributed by atoms with Crippen molar-refractivity contribution in [2.45, 2.75) is 6.92 Å². The van der Waals surface area contributed by atoms with Crippen molar-refractivity contribution >= 4 is 38.9 Å². The van der Waals surface area contributed by atoms with Gasteiger partial charge in [0.2, 0.25) is 10.0 Å². The fourth-order valence-electron chi connectivity index (χ4n) is 3.00. The molecular weight excluding hydrogens is 459 g/mol. The Kier molecular flexibility index (Phi) is 7.75. The molecule has 0 aliphatic rings. The number of carbonyl (C=O) groups excluding carboxylic acids is 2. The summed E-state index contributed by atoms with van der Waals surface area (Å²) in [4.78, 5) is 24.7. The van der Waals surface area contributed by atoms with Gasteiger partial charge in [0.25, 0.3) is 11.8 Å². The highest BCUT2D eigenvalue weighted by Gasteiger charge is 2.21. The van der Waals surface area contributed by atoms with Gasteiger partial charge in [-0.25, -0.2) is 18.2 Å². The Morgan fingerprint density at radius 3 is 2.24 bits per heavy atom. The molecule has 176 valence electrons. The molecule has 3 rings (SSSR count). The largest absolute Gasteiger partial charge is 0.322 e. The topological polar surface area (TPSA) is 108 Å². The quantitative estimate of drug-likeness (QED) is 0.379. The van der Waals surface area contributed by atoms with E-state index in [-0.39, 0.29) is 11.6 Å². The van der Waals surface area contributed by atoms with Gasteiger partial charge in [0, 0.05) is 11.3 Å². The lowest BCUT2D eigenvalue weighted by molar-refractivity contribution is -0.119. The summed E-state index contributed by atoms with van der Waals surface area (Å²) in [5.41, 5.74) is 4.64. The van der Waals surface area contributed by atoms with E-state index in [1.54, 1.807) is 55.5 Å². The van der Waals surface area contributed by atoms with Crippen molar-refractivity contribution in [1.82, 2.24) is 5.43 Å². The van der Waals surface area contributed by atoms with E-state index in [1.165, 1.54) is 12.1 Å². The molecule has 0 aliphatic heterocycles. The van der Waals surface area contributed by atoms with Gasteiger partial charge in [-0.05, 0) is 61.0 Å². The molecule has 2 N–H and O–H groups in total. The first-order chi connectivity index (χ1) is 16.1. The molecule has 2 amide bonds. The first-order valence-electron chi connectivity index (χ1n) is 10.2. The molecule has 0 heterocycles. The predicted molar refractivity (Wildman–Crippen MR) is 130 cm³/mol. The van der Waals surface area contributed by atoms with E-state index in [0.29, 0.717) is 22.5 Å². The number of benzene rings is 3. The first-order valence-corrected chi connectivity index (χ1v) is 12.0. The number of sulfonamides is 1. The van der Waals surface area contributed by atoms with Gasteiger partial charge >= 0.3 is 0 Å². The summed E-state index contributed by atoms with van der Waals surface area (Å²) in [5, 5.41) is 6.84. The van der Waals surface area contributed by atoms with Gasteiger partial charge < -0.3 is 5.32 Å². The third-order valence-corrected chi connectivity index (χ3v) is 5.87. The van der Waals surface area contributed by atoms with E-state index in [9.17, 15) is 22.4 Å². The summed E-state index contributed by atoms with van der Waals surface area (Å²) < 4.78 is 38.3. The number of carbonyl (C=O) groups is 2. The van der Waals surface area contributed by atoms with Crippen LogP contribution in [0.4, 0.5) is 15.8 Å². The van der Waals surface area contributed by atoms with Crippen LogP contribution in [0.3, 0.4) is 0 Å². The minimum Gasteiger partial charge on any atom is -0.322 e. The van der Waals surface area contributed by atoms with Crippen molar-refractivity contribution in [2.75, 3.05) is 22.4 Å². The number of anilines is 2. The fraction of sp³-hybridized carbons (Fsp3) is 0.125. The van der Waals surface area contributed by atoms with Crippen LogP contribution < -0.4 is 15.0 Å². The Morgan fingerprint density at radius 1 is 0.941 bits per heavy atom. The van der Waals surface area contributed by atoms with Crippen LogP contribution in [0.1, 0.15) is 22.8 Å². The predicted octanol–water partition coefficient (Wildman–Crippen LogP) is 3.38. The summed E-state index contributed by atoms with van der Waals surface area (Å²) in [5.74, 6) is -1.46. The number of hydrogen-bond donors (Lipinski definition) is 2. The Bertz CT molecular complexity index is 1310. The minimum atomic E-state index is -3.80. The number of nitrogens with one attached hydrogen (secondary N) is 2. The van der Waals surface area contributed by atoms with Crippen molar-refractivity contribution in [3.8, 4) is 0 Å². The Balaban J connectivity index is 1.68. The maximum Gasteiger partial charge on any atom is 0.260 e. The SMILES string of the molecule is C/C(=N/NC(=O)CN(c1ccc(F)cc1)S(C)(=O)=O)c1cccc(NC(=O)c2ccccc2)c1. The van der Waals surface area contributed by atoms with Crippen LogP contribution in [0.15, 0.2) is 84.0 Å². The molecule has 0 bridgehead atoms. The van der Waals surface area contributed by atoms with Crippen LogP contribution in [0.5, 0.6) is 0 Å². The zero-order valence-electron chi connectivity index (χ0n) is 18.5. The van der Waals surface area contributed by atoms with Gasteiger partial charge in [-0.1, -0.05) is 30.3 Å². The molecule has 0 spiro atoms. The Morgan fingerprint density at radius 2 is 1.59 bits per heavy atom. The molecule has 10 heteroatoms. The third kappa shape index (κ3) is 6.72. The van der Waals surface area contributed by atoms with Gasteiger partial charge in [0.1, 0.15) is 12.4 Å². The number of nitrogens with zero attached hydrogens (tertiary/aromatic N) is 2. The zero-order chi connectivity index (χ0) is 24.7. The van der Waals surface area contributed by atoms with Crippen LogP contribution in [0.2, 0.25) is 0 Å². The molecule has 8 nitrogen and oxygen atoms in total. The summed E-state index contributed by atoms with van der Waals surface area (Å²) in [6, 6.07) is 20.4. The van der Waals surface area contributed by atoms with Crippen molar-refractivity contribution in [3.05, 3.63) is 95.8 Å². The zero-order valence-corrected chi connectivity index (χ0v) is 19.3. The van der Waals surface area contributed by atoms with Gasteiger partial charge in [0.15, 0.2) is 0 Å². The third-order valence-electron chi connectivity index (χ3n) is 4.72. The second-order valence-electron chi connectivity index (χ2n) is 7.38. The van der Waals surface area contributed by atoms with E-state index in [4.69, 9.17) is 0 Å². The molecule has 0 fully saturated rings. The average Bonchev–Trinajstić information content (AvgIpc) is 2.81. The number of halogens is 1. The highest BCUT2D eigenvalue weighted by atomic mass is 32.2. The van der Waals surface area contributed by atoms with Crippen molar-refractivity contribution in [1.29, 1.82) is 0 Å². The van der Waals surface area contributed by atoms with E-state index in [2.05, 4.69) is 15.8 Å². The summed E-state index contributed by atoms with van der Waals surface area (Å²) in [6.45, 7) is 1.13. The molecule has 34 heavy (non-hydrogen) atoms. The number of amides is 2. The second-order valence-corrected chi connectivity index (χ2v) is 9.29. The van der Waals surface area contributed by atoms with Gasteiger partial charge in [0.05, 0.1) is 17.7 Å². The molecule has 0 unspecified atom stereocenters. The summed E-state index contributed by atoms with van der Waals surface area (Å²) in [7, 11) is -3.80. The molecule has 3 aromatic carbocycles. The lowest BCUT2D eigenvalue weighted by atomic mass is 10.1. The van der Waals surface area contributed by atoms with E-state index < -0.39 is 28.3 Å². The van der Waals surface area contributed by atoms with E-state index in [1.807, 2.05) is 6.07 Å². The van der Waals surface area contributed by atoms with Crippen molar-refractivity contribution < 1.29 is 22.4 Å². The van der Waals surface area contributed by atoms with Crippen LogP contribution >= 0.6 is 0 Å². The number of hydrazone groups is 1. The number of hydrogen-bond acceptors (Lipinski definition) is 5. The highest BCUT2D eigenvalue weighted by Crippen LogP contribution is 2.18. The Labute approximate surface area is 197 Å².